The molecule has 0 saturated heterocycles. The van der Waals surface area contributed by atoms with Gasteiger partial charge in [0.1, 0.15) is 0 Å². The van der Waals surface area contributed by atoms with Crippen molar-refractivity contribution in [3.63, 3.8) is 0 Å². The lowest BCUT2D eigenvalue weighted by Crippen LogP contribution is -2.20. The highest BCUT2D eigenvalue weighted by molar-refractivity contribution is 9.10. The SMILES string of the molecule is CCOC(=O)/C=C/C1(c2ccccc2Br)CCCC1. The molecule has 1 saturated carbocycles. The summed E-state index contributed by atoms with van der Waals surface area (Å²) in [5.41, 5.74) is 1.25. The fourth-order valence-electron chi connectivity index (χ4n) is 2.81. The molecule has 1 fully saturated rings. The van der Waals surface area contributed by atoms with Crippen LogP contribution in [0.4, 0.5) is 0 Å². The third-order valence-electron chi connectivity index (χ3n) is 3.73. The van der Waals surface area contributed by atoms with Gasteiger partial charge in [0.25, 0.3) is 0 Å². The molecule has 0 spiro atoms. The van der Waals surface area contributed by atoms with Gasteiger partial charge in [-0.15, -0.1) is 0 Å². The van der Waals surface area contributed by atoms with Crippen molar-refractivity contribution in [1.29, 1.82) is 0 Å². The van der Waals surface area contributed by atoms with E-state index in [-0.39, 0.29) is 11.4 Å². The van der Waals surface area contributed by atoms with Crippen molar-refractivity contribution >= 4 is 21.9 Å². The zero-order chi connectivity index (χ0) is 13.7. The number of esters is 1. The van der Waals surface area contributed by atoms with Crippen LogP contribution in [0.15, 0.2) is 40.9 Å². The molecule has 0 radical (unpaired) electrons. The number of carbonyl (C=O) groups excluding carboxylic acids is 1. The lowest BCUT2D eigenvalue weighted by atomic mass is 9.78. The van der Waals surface area contributed by atoms with Crippen molar-refractivity contribution in [1.82, 2.24) is 0 Å². The van der Waals surface area contributed by atoms with Gasteiger partial charge in [0.2, 0.25) is 0 Å². The minimum absolute atomic E-state index is 0.0210. The van der Waals surface area contributed by atoms with Gasteiger partial charge in [-0.2, -0.15) is 0 Å². The predicted molar refractivity (Wildman–Crippen MR) is 80.1 cm³/mol. The Hall–Kier alpha value is -1.09. The first-order valence-corrected chi connectivity index (χ1v) is 7.58. The zero-order valence-corrected chi connectivity index (χ0v) is 12.8. The van der Waals surface area contributed by atoms with Crippen molar-refractivity contribution in [3.05, 3.63) is 46.5 Å². The van der Waals surface area contributed by atoms with E-state index in [4.69, 9.17) is 4.74 Å². The molecule has 1 aromatic carbocycles. The average molecular weight is 323 g/mol. The van der Waals surface area contributed by atoms with Crippen molar-refractivity contribution in [2.24, 2.45) is 0 Å². The fourth-order valence-corrected chi connectivity index (χ4v) is 3.49. The number of benzene rings is 1. The van der Waals surface area contributed by atoms with Crippen molar-refractivity contribution in [3.8, 4) is 0 Å². The number of halogens is 1. The quantitative estimate of drug-likeness (QED) is 0.607. The van der Waals surface area contributed by atoms with Crippen LogP contribution >= 0.6 is 15.9 Å². The van der Waals surface area contributed by atoms with Gasteiger partial charge < -0.3 is 4.74 Å². The van der Waals surface area contributed by atoms with E-state index in [9.17, 15) is 4.79 Å². The molecule has 0 unspecified atom stereocenters. The lowest BCUT2D eigenvalue weighted by Gasteiger charge is -2.27. The van der Waals surface area contributed by atoms with E-state index in [0.717, 1.165) is 17.3 Å². The maximum absolute atomic E-state index is 11.5. The van der Waals surface area contributed by atoms with Gasteiger partial charge >= 0.3 is 5.97 Å². The van der Waals surface area contributed by atoms with E-state index in [1.165, 1.54) is 18.4 Å². The van der Waals surface area contributed by atoms with Crippen LogP contribution in [0, 0.1) is 0 Å². The molecule has 1 aliphatic rings. The molecule has 1 aromatic rings. The summed E-state index contributed by atoms with van der Waals surface area (Å²) < 4.78 is 6.09. The van der Waals surface area contributed by atoms with Crippen LogP contribution in [0.25, 0.3) is 0 Å². The van der Waals surface area contributed by atoms with E-state index < -0.39 is 0 Å². The van der Waals surface area contributed by atoms with Gasteiger partial charge in [0.15, 0.2) is 0 Å². The smallest absolute Gasteiger partial charge is 0.330 e. The highest BCUT2D eigenvalue weighted by Gasteiger charge is 2.34. The molecule has 0 bridgehead atoms. The molecule has 102 valence electrons. The first-order valence-electron chi connectivity index (χ1n) is 6.79. The normalized spacial score (nSPS) is 17.8. The number of rotatable bonds is 4. The minimum atomic E-state index is -0.249. The summed E-state index contributed by atoms with van der Waals surface area (Å²) in [6, 6.07) is 8.28. The molecule has 3 heteroatoms. The standard InChI is InChI=1S/C16H19BrO2/c1-2-19-15(18)9-12-16(10-5-6-11-16)13-7-3-4-8-14(13)17/h3-4,7-9,12H,2,5-6,10-11H2,1H3/b12-9+. The zero-order valence-electron chi connectivity index (χ0n) is 11.2. The molecule has 0 amide bonds. The third-order valence-corrected chi connectivity index (χ3v) is 4.42. The molecule has 0 atom stereocenters. The molecule has 0 aromatic heterocycles. The second kappa shape index (κ2) is 6.38. The van der Waals surface area contributed by atoms with E-state index >= 15 is 0 Å². The first kappa shape index (κ1) is 14.3. The molecule has 0 heterocycles. The van der Waals surface area contributed by atoms with Gasteiger partial charge in [-0.05, 0) is 31.4 Å². The number of hydrogen-bond donors (Lipinski definition) is 0. The summed E-state index contributed by atoms with van der Waals surface area (Å²) in [6.07, 6.45) is 8.21. The molecule has 2 rings (SSSR count). The van der Waals surface area contributed by atoms with E-state index in [0.29, 0.717) is 6.61 Å². The second-order valence-electron chi connectivity index (χ2n) is 4.93. The monoisotopic (exact) mass is 322 g/mol. The number of allylic oxidation sites excluding steroid dienone is 1. The number of ether oxygens (including phenoxy) is 1. The molecule has 19 heavy (non-hydrogen) atoms. The van der Waals surface area contributed by atoms with Crippen LogP contribution in [0.1, 0.15) is 38.2 Å². The Labute approximate surface area is 123 Å². The number of carbonyl (C=O) groups is 1. The van der Waals surface area contributed by atoms with Crippen LogP contribution in [-0.4, -0.2) is 12.6 Å². The Bertz CT molecular complexity index is 473. The topological polar surface area (TPSA) is 26.3 Å². The summed E-state index contributed by atoms with van der Waals surface area (Å²) >= 11 is 3.63. The Kier molecular flexibility index (Phi) is 4.81. The van der Waals surface area contributed by atoms with Crippen molar-refractivity contribution < 1.29 is 9.53 Å². The van der Waals surface area contributed by atoms with Crippen LogP contribution in [-0.2, 0) is 14.9 Å². The molecular formula is C16H19BrO2. The van der Waals surface area contributed by atoms with Crippen LogP contribution < -0.4 is 0 Å². The van der Waals surface area contributed by atoms with Gasteiger partial charge in [-0.3, -0.25) is 0 Å². The molecular weight excluding hydrogens is 304 g/mol. The van der Waals surface area contributed by atoms with E-state index in [2.05, 4.69) is 34.1 Å². The minimum Gasteiger partial charge on any atom is -0.463 e. The fraction of sp³-hybridized carbons (Fsp3) is 0.438. The second-order valence-corrected chi connectivity index (χ2v) is 5.78. The number of hydrogen-bond acceptors (Lipinski definition) is 2. The van der Waals surface area contributed by atoms with Gasteiger partial charge in [-0.25, -0.2) is 4.79 Å². The largest absolute Gasteiger partial charge is 0.463 e. The van der Waals surface area contributed by atoms with Crippen LogP contribution in [0.2, 0.25) is 0 Å². The summed E-state index contributed by atoms with van der Waals surface area (Å²) in [4.78, 5) is 11.5. The maximum Gasteiger partial charge on any atom is 0.330 e. The predicted octanol–water partition coefficient (Wildman–Crippen LogP) is 4.38. The Morgan fingerprint density at radius 1 is 1.37 bits per heavy atom. The summed E-state index contributed by atoms with van der Waals surface area (Å²) in [6.45, 7) is 2.25. The third kappa shape index (κ3) is 3.27. The lowest BCUT2D eigenvalue weighted by molar-refractivity contribution is -0.137. The molecule has 1 aliphatic carbocycles. The van der Waals surface area contributed by atoms with E-state index in [1.807, 2.05) is 19.1 Å². The average Bonchev–Trinajstić information content (AvgIpc) is 2.87. The maximum atomic E-state index is 11.5. The summed E-state index contributed by atoms with van der Waals surface area (Å²) in [5.74, 6) is -0.249. The summed E-state index contributed by atoms with van der Waals surface area (Å²) in [7, 11) is 0. The van der Waals surface area contributed by atoms with Gasteiger partial charge in [-0.1, -0.05) is 53.0 Å². The van der Waals surface area contributed by atoms with Gasteiger partial charge in [0, 0.05) is 16.0 Å². The van der Waals surface area contributed by atoms with E-state index in [1.54, 1.807) is 6.08 Å². The molecule has 0 aliphatic heterocycles. The van der Waals surface area contributed by atoms with Gasteiger partial charge in [0.05, 0.1) is 6.61 Å². The Morgan fingerprint density at radius 2 is 2.05 bits per heavy atom. The Balaban J connectivity index is 2.29. The summed E-state index contributed by atoms with van der Waals surface area (Å²) in [5, 5.41) is 0. The molecule has 2 nitrogen and oxygen atoms in total. The van der Waals surface area contributed by atoms with Crippen molar-refractivity contribution in [2.45, 2.75) is 38.0 Å². The van der Waals surface area contributed by atoms with Crippen LogP contribution in [0.3, 0.4) is 0 Å². The Morgan fingerprint density at radius 3 is 2.68 bits per heavy atom. The molecule has 0 N–H and O–H groups in total. The highest BCUT2D eigenvalue weighted by Crippen LogP contribution is 2.44. The van der Waals surface area contributed by atoms with Crippen LogP contribution in [0.5, 0.6) is 0 Å². The highest BCUT2D eigenvalue weighted by atomic mass is 79.9. The first-order chi connectivity index (χ1) is 9.18. The van der Waals surface area contributed by atoms with Crippen molar-refractivity contribution in [2.75, 3.05) is 6.61 Å².